The summed E-state index contributed by atoms with van der Waals surface area (Å²) in [5.41, 5.74) is 5.40. The Morgan fingerprint density at radius 1 is 0.500 bits per heavy atom. The first-order chi connectivity index (χ1) is 10.8. The van der Waals surface area contributed by atoms with Gasteiger partial charge < -0.3 is 0 Å². The van der Waals surface area contributed by atoms with Gasteiger partial charge in [-0.05, 0) is 0 Å². The van der Waals surface area contributed by atoms with E-state index in [0.717, 1.165) is 0 Å². The molecule has 120 valence electrons. The first-order valence-electron chi connectivity index (χ1n) is 7.50. The molecule has 4 rings (SSSR count). The molecule has 0 aliphatic heterocycles. The Kier molecular flexibility index (Phi) is 6.52. The van der Waals surface area contributed by atoms with Gasteiger partial charge >= 0.3 is 139 Å². The van der Waals surface area contributed by atoms with Crippen LogP contribution >= 0.6 is 24.8 Å². The second kappa shape index (κ2) is 8.21. The summed E-state index contributed by atoms with van der Waals surface area (Å²) in [7, 11) is 0. The second-order valence-electron chi connectivity index (χ2n) is 5.53. The van der Waals surface area contributed by atoms with Crippen LogP contribution in [0.1, 0.15) is 0 Å². The van der Waals surface area contributed by atoms with Gasteiger partial charge in [-0.2, -0.15) is 0 Å². The molecule has 0 atom stereocenters. The van der Waals surface area contributed by atoms with Gasteiger partial charge in [0.2, 0.25) is 0 Å². The normalized spacial score (nSPS) is 10.0. The van der Waals surface area contributed by atoms with E-state index >= 15 is 0 Å². The molecule has 0 saturated carbocycles. The van der Waals surface area contributed by atoms with Crippen molar-refractivity contribution in [2.24, 2.45) is 0 Å². The van der Waals surface area contributed by atoms with Gasteiger partial charge in [0.1, 0.15) is 0 Å². The van der Waals surface area contributed by atoms with E-state index in [1.807, 2.05) is 0 Å². The average Bonchev–Trinajstić information content (AvgIpc) is 2.93. The molecule has 0 spiro atoms. The van der Waals surface area contributed by atoms with E-state index in [2.05, 4.69) is 89.1 Å². The molecule has 0 aromatic heterocycles. The van der Waals surface area contributed by atoms with E-state index in [1.165, 1.54) is 28.8 Å². The van der Waals surface area contributed by atoms with E-state index in [0.29, 0.717) is 0 Å². The van der Waals surface area contributed by atoms with Crippen LogP contribution < -0.4 is 6.54 Å². The first-order valence-corrected chi connectivity index (χ1v) is 11.7. The number of hydrogen-bond donors (Lipinski definition) is 0. The molecular weight excluding hydrogens is 414 g/mol. The van der Waals surface area contributed by atoms with Crippen LogP contribution in [0.5, 0.6) is 0 Å². The summed E-state index contributed by atoms with van der Waals surface area (Å²) < 4.78 is 7.65. The maximum atomic E-state index is 4.66. The van der Waals surface area contributed by atoms with Crippen molar-refractivity contribution in [3.63, 3.8) is 0 Å². The van der Waals surface area contributed by atoms with Crippen LogP contribution in [0, 0.1) is 0 Å². The third kappa shape index (κ3) is 3.40. The van der Waals surface area contributed by atoms with E-state index in [9.17, 15) is 0 Å². The first kappa shape index (κ1) is 19.1. The van der Waals surface area contributed by atoms with Gasteiger partial charge in [0.15, 0.2) is 0 Å². The molecule has 0 radical (unpaired) electrons. The van der Waals surface area contributed by atoms with Gasteiger partial charge in [-0.1, -0.05) is 0 Å². The van der Waals surface area contributed by atoms with Crippen LogP contribution in [0.3, 0.4) is 0 Å². The summed E-state index contributed by atoms with van der Waals surface area (Å²) in [5, 5.41) is 0. The third-order valence-electron chi connectivity index (χ3n) is 4.23. The average molecular weight is 433 g/mol. The molecule has 24 heavy (non-hydrogen) atoms. The fourth-order valence-electron chi connectivity index (χ4n) is 3.10. The van der Waals surface area contributed by atoms with Crippen LogP contribution in [0.4, 0.5) is 0 Å². The Balaban J connectivity index is 0.00000104. The van der Waals surface area contributed by atoms with Crippen LogP contribution in [0.15, 0.2) is 84.9 Å². The zero-order chi connectivity index (χ0) is 14.9. The summed E-state index contributed by atoms with van der Waals surface area (Å²) in [6, 6.07) is 30.6. The zero-order valence-electron chi connectivity index (χ0n) is 13.1. The van der Waals surface area contributed by atoms with Gasteiger partial charge in [-0.15, -0.1) is 24.8 Å². The van der Waals surface area contributed by atoms with Gasteiger partial charge in [-0.25, -0.2) is 0 Å². The molecule has 4 aliphatic rings. The molecule has 0 nitrogen and oxygen atoms in total. The van der Waals surface area contributed by atoms with Crippen LogP contribution in [-0.2, 0) is 21.3 Å². The van der Waals surface area contributed by atoms with Crippen molar-refractivity contribution < 1.29 is 21.3 Å². The molecule has 3 heteroatoms. The molecular formula is C21H18Cl2Zr. The SMILES string of the molecule is Cl.Cl.[CH2]=[Zr]([c]1ccc2cccccc1-2)[c]1ccc2cccccc1-2. The summed E-state index contributed by atoms with van der Waals surface area (Å²) in [5.74, 6) is 0. The second-order valence-corrected chi connectivity index (χ2v) is 10.5. The Labute approximate surface area is 163 Å². The van der Waals surface area contributed by atoms with E-state index in [-0.39, 0.29) is 24.8 Å². The predicted molar refractivity (Wildman–Crippen MR) is 107 cm³/mol. The Hall–Kier alpha value is -1.27. The molecule has 0 saturated heterocycles. The maximum absolute atomic E-state index is 4.66. The molecule has 0 fully saturated rings. The minimum atomic E-state index is -2.10. The van der Waals surface area contributed by atoms with E-state index < -0.39 is 21.3 Å². The summed E-state index contributed by atoms with van der Waals surface area (Å²) >= 11 is -2.10. The third-order valence-corrected chi connectivity index (χ3v) is 9.57. The molecule has 0 bridgehead atoms. The van der Waals surface area contributed by atoms with Gasteiger partial charge in [0.05, 0.1) is 0 Å². The molecule has 0 aromatic carbocycles. The van der Waals surface area contributed by atoms with Gasteiger partial charge in [-0.3, -0.25) is 0 Å². The van der Waals surface area contributed by atoms with Crippen molar-refractivity contribution in [3.05, 3.63) is 84.9 Å². The van der Waals surface area contributed by atoms with Crippen molar-refractivity contribution in [1.29, 1.82) is 0 Å². The summed E-state index contributed by atoms with van der Waals surface area (Å²) in [6.45, 7) is 0. The fraction of sp³-hybridized carbons (Fsp3) is 0. The predicted octanol–water partition coefficient (Wildman–Crippen LogP) is 4.74. The number of rotatable bonds is 2. The zero-order valence-corrected chi connectivity index (χ0v) is 17.2. The Bertz CT molecular complexity index is 842. The van der Waals surface area contributed by atoms with Gasteiger partial charge in [0, 0.05) is 0 Å². The molecule has 4 aliphatic carbocycles. The van der Waals surface area contributed by atoms with E-state index in [4.69, 9.17) is 0 Å². The monoisotopic (exact) mass is 430 g/mol. The van der Waals surface area contributed by atoms with Crippen molar-refractivity contribution in [3.8, 4) is 22.3 Å². The number of halogens is 2. The Morgan fingerprint density at radius 2 is 0.917 bits per heavy atom. The molecule has 0 heterocycles. The minimum absolute atomic E-state index is 0. The molecule has 0 unspecified atom stereocenters. The van der Waals surface area contributed by atoms with E-state index in [1.54, 1.807) is 0 Å². The summed E-state index contributed by atoms with van der Waals surface area (Å²) in [4.78, 5) is 0. The van der Waals surface area contributed by atoms with Crippen molar-refractivity contribution >= 4 is 35.6 Å². The standard InChI is InChI=1S/2C10H7.CH2.2ClH.Zr/c2*1-2-5-9-7-4-8-10(9)6-3-1;;;;/h2*1-7H;1H2;2*1H;. The number of fused-ring (bicyclic) bond motifs is 2. The number of hydrogen-bond acceptors (Lipinski definition) is 0. The van der Waals surface area contributed by atoms with Crippen LogP contribution in [-0.4, -0.2) is 4.21 Å². The molecule has 0 amide bonds. The summed E-state index contributed by atoms with van der Waals surface area (Å²) in [6.07, 6.45) is 0. The van der Waals surface area contributed by atoms with Crippen LogP contribution in [0.2, 0.25) is 0 Å². The molecule has 0 N–H and O–H groups in total. The van der Waals surface area contributed by atoms with Crippen molar-refractivity contribution in [2.75, 3.05) is 0 Å². The topological polar surface area (TPSA) is 0 Å². The van der Waals surface area contributed by atoms with Crippen molar-refractivity contribution in [1.82, 2.24) is 0 Å². The fourth-order valence-corrected chi connectivity index (χ4v) is 7.93. The van der Waals surface area contributed by atoms with Gasteiger partial charge in [0.25, 0.3) is 0 Å². The molecule has 0 aromatic rings. The van der Waals surface area contributed by atoms with Crippen LogP contribution in [0.25, 0.3) is 22.3 Å². The Morgan fingerprint density at radius 3 is 1.38 bits per heavy atom. The quantitative estimate of drug-likeness (QED) is 0.429. The van der Waals surface area contributed by atoms with Crippen molar-refractivity contribution in [2.45, 2.75) is 0 Å².